The van der Waals surface area contributed by atoms with Crippen LogP contribution in [0.15, 0.2) is 121 Å². The second-order valence-electron chi connectivity index (χ2n) is 18.2. The van der Waals surface area contributed by atoms with E-state index in [1.165, 1.54) is 0 Å². The Hall–Kier alpha value is -7.20. The highest BCUT2D eigenvalue weighted by atomic mass is 16.5. The van der Waals surface area contributed by atoms with Crippen molar-refractivity contribution in [3.05, 3.63) is 177 Å². The Bertz CT molecular complexity index is 2160. The Balaban J connectivity index is 1.12. The molecule has 6 aliphatic rings. The highest BCUT2D eigenvalue weighted by Crippen LogP contribution is 2.35. The third kappa shape index (κ3) is 13.3. The molecule has 0 amide bonds. The number of hydrogen-bond donors (Lipinski definition) is 0. The van der Waals surface area contributed by atoms with Crippen molar-refractivity contribution >= 4 is 0 Å². The number of hydrogen-bond acceptors (Lipinski definition) is 10. The van der Waals surface area contributed by atoms with Gasteiger partial charge in [-0.05, 0) is 213 Å². The van der Waals surface area contributed by atoms with Crippen molar-refractivity contribution < 1.29 is 47.4 Å². The molecule has 0 saturated heterocycles. The van der Waals surface area contributed by atoms with Crippen LogP contribution in [0.25, 0.3) is 0 Å². The lowest BCUT2D eigenvalue weighted by Crippen LogP contribution is -2.12. The van der Waals surface area contributed by atoms with Crippen LogP contribution in [-0.4, -0.2) is 66.1 Å². The summed E-state index contributed by atoms with van der Waals surface area (Å²) in [5.74, 6) is 7.52. The second kappa shape index (κ2) is 23.9. The molecule has 0 aliphatic carbocycles. The monoisotopic (exact) mass is 950 g/mol. The SMILES string of the molecule is C=C1COc2ccc(c(C)c2C)OCC(=C)COc2ccc(c(C)c2C)OCC(=C)COc2ccc(c(C)c2C)OCC(=C)COc2ccc(c(C)c2C)OCC(=C)COc2ccc(c(C)c2C)OC1. The van der Waals surface area contributed by atoms with Gasteiger partial charge < -0.3 is 47.4 Å². The predicted octanol–water partition coefficient (Wildman–Crippen LogP) is 13.2. The molecule has 0 spiro atoms. The predicted molar refractivity (Wildman–Crippen MR) is 280 cm³/mol. The Kier molecular flexibility index (Phi) is 17.8. The van der Waals surface area contributed by atoms with Crippen LogP contribution in [0, 0.1) is 69.2 Å². The molecule has 0 N–H and O–H groups in total. The van der Waals surface area contributed by atoms with E-state index in [0.29, 0.717) is 66.1 Å². The van der Waals surface area contributed by atoms with E-state index in [-0.39, 0.29) is 0 Å². The summed E-state index contributed by atoms with van der Waals surface area (Å²) < 4.78 is 62.0. The molecule has 0 radical (unpaired) electrons. The van der Waals surface area contributed by atoms with E-state index in [1.54, 1.807) is 0 Å². The van der Waals surface area contributed by atoms with Crippen LogP contribution < -0.4 is 47.4 Å². The maximum atomic E-state index is 6.20. The minimum atomic E-state index is 0.298. The third-order valence-electron chi connectivity index (χ3n) is 12.8. The van der Waals surface area contributed by atoms with Gasteiger partial charge in [-0.1, -0.05) is 32.9 Å². The lowest BCUT2D eigenvalue weighted by molar-refractivity contribution is 0.291. The Morgan fingerprint density at radius 3 is 0.371 bits per heavy atom. The topological polar surface area (TPSA) is 92.3 Å². The molecule has 0 fully saturated rings. The van der Waals surface area contributed by atoms with E-state index in [9.17, 15) is 0 Å². The third-order valence-corrected chi connectivity index (χ3v) is 12.8. The second-order valence-corrected chi connectivity index (χ2v) is 18.2. The molecule has 0 unspecified atom stereocenters. The summed E-state index contributed by atoms with van der Waals surface area (Å²) in [5.41, 5.74) is 13.8. The molecule has 6 aliphatic heterocycles. The molecule has 6 heterocycles. The van der Waals surface area contributed by atoms with E-state index in [2.05, 4.69) is 32.9 Å². The zero-order valence-corrected chi connectivity index (χ0v) is 43.0. The molecule has 10 bridgehead atoms. The minimum Gasteiger partial charge on any atom is -0.489 e. The first kappa shape index (κ1) is 52.2. The quantitative estimate of drug-likeness (QED) is 0.140. The summed E-state index contributed by atoms with van der Waals surface area (Å²) in [6.07, 6.45) is 0. The van der Waals surface area contributed by atoms with Gasteiger partial charge in [-0.15, -0.1) is 0 Å². The zero-order valence-electron chi connectivity index (χ0n) is 43.0. The van der Waals surface area contributed by atoms with Crippen LogP contribution in [0.4, 0.5) is 0 Å². The summed E-state index contributed by atoms with van der Waals surface area (Å²) in [6, 6.07) is 19.2. The van der Waals surface area contributed by atoms with Gasteiger partial charge in [0.2, 0.25) is 0 Å². The molecule has 10 heteroatoms. The largest absolute Gasteiger partial charge is 0.489 e. The number of ether oxygens (including phenoxy) is 10. The molecular weight excluding hydrogens is 881 g/mol. The first-order valence-electron chi connectivity index (χ1n) is 23.5. The van der Waals surface area contributed by atoms with Gasteiger partial charge in [0.1, 0.15) is 124 Å². The number of fused-ring (bicyclic) bond motifs is 5. The van der Waals surface area contributed by atoms with Gasteiger partial charge >= 0.3 is 0 Å². The van der Waals surface area contributed by atoms with Crippen LogP contribution in [0.1, 0.15) is 55.6 Å². The Morgan fingerprint density at radius 2 is 0.286 bits per heavy atom. The van der Waals surface area contributed by atoms with Crippen molar-refractivity contribution in [2.24, 2.45) is 0 Å². The van der Waals surface area contributed by atoms with Crippen molar-refractivity contribution in [3.63, 3.8) is 0 Å². The van der Waals surface area contributed by atoms with Gasteiger partial charge in [-0.2, -0.15) is 0 Å². The first-order valence-corrected chi connectivity index (χ1v) is 23.5. The molecule has 11 rings (SSSR count). The highest BCUT2D eigenvalue weighted by Gasteiger charge is 2.16. The molecule has 370 valence electrons. The number of rotatable bonds is 0. The van der Waals surface area contributed by atoms with Crippen LogP contribution >= 0.6 is 0 Å². The zero-order chi connectivity index (χ0) is 50.6. The van der Waals surface area contributed by atoms with Gasteiger partial charge in [-0.3, -0.25) is 0 Å². The maximum Gasteiger partial charge on any atom is 0.123 e. The van der Waals surface area contributed by atoms with Gasteiger partial charge in [-0.25, -0.2) is 0 Å². The van der Waals surface area contributed by atoms with E-state index in [1.807, 2.05) is 130 Å². The van der Waals surface area contributed by atoms with Crippen LogP contribution in [0.3, 0.4) is 0 Å². The van der Waals surface area contributed by atoms with E-state index in [0.717, 1.165) is 141 Å². The first-order chi connectivity index (χ1) is 33.4. The average Bonchev–Trinajstić information content (AvgIpc) is 3.34. The molecule has 0 atom stereocenters. The molecule has 0 saturated carbocycles. The summed E-state index contributed by atoms with van der Waals surface area (Å²) in [6.45, 7) is 44.2. The van der Waals surface area contributed by atoms with Crippen molar-refractivity contribution in [1.29, 1.82) is 0 Å². The Labute approximate surface area is 415 Å². The fraction of sp³-hybridized carbons (Fsp3) is 0.333. The summed E-state index contributed by atoms with van der Waals surface area (Å²) in [5, 5.41) is 0. The molecule has 0 aromatic heterocycles. The van der Waals surface area contributed by atoms with Crippen molar-refractivity contribution in [1.82, 2.24) is 0 Å². The van der Waals surface area contributed by atoms with E-state index < -0.39 is 0 Å². The molecule has 70 heavy (non-hydrogen) atoms. The fourth-order valence-electron chi connectivity index (χ4n) is 7.42. The highest BCUT2D eigenvalue weighted by molar-refractivity contribution is 5.51. The minimum absolute atomic E-state index is 0.298. The van der Waals surface area contributed by atoms with Gasteiger partial charge in [0.25, 0.3) is 0 Å². The lowest BCUT2D eigenvalue weighted by Gasteiger charge is -2.18. The van der Waals surface area contributed by atoms with Crippen LogP contribution in [0.5, 0.6) is 57.5 Å². The average molecular weight is 951 g/mol. The standard InChI is InChI=1S/C60H70O10/c1-36-26-61-51-16-18-53(43(8)41(51)6)63-28-37(2)30-65-55-20-22-57(47(12)45(55)10)67-32-39(4)34-69-59-24-25-60(50(15)49(59)14)70-35-40(5)33-68-58-23-21-56(46(11)48(58)13)66-31-38(3)29-64-54-19-17-52(62-27-36)42(7)44(54)9/h16-25H,1-5,26-35H2,6-15H3. The normalized spacial score (nSPS) is 15.1. The molecule has 10 nitrogen and oxygen atoms in total. The van der Waals surface area contributed by atoms with E-state index in [4.69, 9.17) is 47.4 Å². The van der Waals surface area contributed by atoms with Gasteiger partial charge in [0.05, 0.1) is 0 Å². The molecule has 5 aromatic rings. The summed E-state index contributed by atoms with van der Waals surface area (Å²) >= 11 is 0. The summed E-state index contributed by atoms with van der Waals surface area (Å²) in [7, 11) is 0. The smallest absolute Gasteiger partial charge is 0.123 e. The van der Waals surface area contributed by atoms with Crippen LogP contribution in [0.2, 0.25) is 0 Å². The van der Waals surface area contributed by atoms with Crippen molar-refractivity contribution in [3.8, 4) is 57.5 Å². The molecule has 5 aromatic carbocycles. The van der Waals surface area contributed by atoms with Crippen LogP contribution in [-0.2, 0) is 0 Å². The fourth-order valence-corrected chi connectivity index (χ4v) is 7.42. The van der Waals surface area contributed by atoms with Crippen molar-refractivity contribution in [2.45, 2.75) is 69.2 Å². The summed E-state index contributed by atoms with van der Waals surface area (Å²) in [4.78, 5) is 0. The maximum absolute atomic E-state index is 6.20. The van der Waals surface area contributed by atoms with E-state index >= 15 is 0 Å². The number of benzene rings is 5. The van der Waals surface area contributed by atoms with Gasteiger partial charge in [0.15, 0.2) is 0 Å². The van der Waals surface area contributed by atoms with Gasteiger partial charge in [0, 0.05) is 0 Å². The molecular formula is C60H70O10. The Morgan fingerprint density at radius 1 is 0.200 bits per heavy atom. The van der Waals surface area contributed by atoms with Crippen molar-refractivity contribution in [2.75, 3.05) is 66.1 Å². The lowest BCUT2D eigenvalue weighted by atomic mass is 10.1.